The van der Waals surface area contributed by atoms with Crippen LogP contribution in [0.1, 0.15) is 12.8 Å². The average molecular weight is 514 g/mol. The number of nitrogens with zero attached hydrogens (tertiary/aromatic N) is 3. The number of halogens is 2. The van der Waals surface area contributed by atoms with Gasteiger partial charge in [0.1, 0.15) is 17.9 Å². The second-order valence-electron chi connectivity index (χ2n) is 8.73. The van der Waals surface area contributed by atoms with Crippen LogP contribution in [0.15, 0.2) is 55.0 Å². The maximum absolute atomic E-state index is 13.6. The molecule has 0 aliphatic heterocycles. The number of likely N-dealkylation sites (N-methyl/N-ethyl adjacent to an activating group) is 1. The molecule has 2 aromatic carbocycles. The fraction of sp³-hybridized carbons (Fsp3) is 0.346. The van der Waals surface area contributed by atoms with Gasteiger partial charge in [0.15, 0.2) is 6.23 Å². The molecule has 0 saturated heterocycles. The molecule has 10 heteroatoms. The summed E-state index contributed by atoms with van der Waals surface area (Å²) in [5, 5.41) is 7.02. The Bertz CT molecular complexity index is 1240. The zero-order chi connectivity index (χ0) is 25.5. The van der Waals surface area contributed by atoms with Crippen LogP contribution in [0.2, 0.25) is 5.02 Å². The smallest absolute Gasteiger partial charge is 0.248 e. The van der Waals surface area contributed by atoms with Crippen LogP contribution >= 0.6 is 11.6 Å². The lowest BCUT2D eigenvalue weighted by atomic mass is 10.2. The van der Waals surface area contributed by atoms with Crippen LogP contribution in [0.3, 0.4) is 0 Å². The summed E-state index contributed by atoms with van der Waals surface area (Å²) < 4.78 is 25.0. The largest absolute Gasteiger partial charge is 0.468 e. The number of nitrogens with one attached hydrogen (secondary N) is 2. The van der Waals surface area contributed by atoms with E-state index in [1.54, 1.807) is 37.6 Å². The molecule has 1 heterocycles. The molecule has 0 bridgehead atoms. The van der Waals surface area contributed by atoms with Gasteiger partial charge in [-0.15, -0.1) is 0 Å². The molecule has 3 aromatic rings. The number of carbonyl (C=O) groups is 1. The predicted octanol–water partition coefficient (Wildman–Crippen LogP) is 4.72. The van der Waals surface area contributed by atoms with Crippen LogP contribution in [-0.4, -0.2) is 60.9 Å². The summed E-state index contributed by atoms with van der Waals surface area (Å²) in [6, 6.07) is 8.03. The van der Waals surface area contributed by atoms with Gasteiger partial charge in [0.25, 0.3) is 0 Å². The zero-order valence-electron chi connectivity index (χ0n) is 20.2. The van der Waals surface area contributed by atoms with Gasteiger partial charge in [-0.05, 0) is 44.2 Å². The van der Waals surface area contributed by atoms with Crippen molar-refractivity contribution in [3.8, 4) is 5.75 Å². The van der Waals surface area contributed by atoms with Crippen molar-refractivity contribution in [2.45, 2.75) is 19.1 Å². The topological polar surface area (TPSA) is 88.6 Å². The first kappa shape index (κ1) is 25.8. The first-order valence-electron chi connectivity index (χ1n) is 11.7. The lowest BCUT2D eigenvalue weighted by Crippen LogP contribution is -2.29. The molecule has 1 unspecified atom stereocenters. The number of anilines is 2. The van der Waals surface area contributed by atoms with Crippen molar-refractivity contribution >= 4 is 39.8 Å². The van der Waals surface area contributed by atoms with Gasteiger partial charge in [0.05, 0.1) is 22.8 Å². The number of rotatable bonds is 12. The Kier molecular flexibility index (Phi) is 8.69. The molecular formula is C26H29ClFN5O3. The Morgan fingerprint density at radius 3 is 2.92 bits per heavy atom. The van der Waals surface area contributed by atoms with Gasteiger partial charge in [0.2, 0.25) is 5.91 Å². The number of methoxy groups -OCH3 is 1. The first-order chi connectivity index (χ1) is 17.4. The van der Waals surface area contributed by atoms with Gasteiger partial charge in [-0.3, -0.25) is 4.79 Å². The number of hydrogen-bond acceptors (Lipinski definition) is 7. The molecule has 2 N–H and O–H groups in total. The Labute approximate surface area is 214 Å². The molecule has 1 aromatic heterocycles. The molecule has 0 spiro atoms. The van der Waals surface area contributed by atoms with E-state index in [1.165, 1.54) is 24.5 Å². The molecule has 4 rings (SSSR count). The summed E-state index contributed by atoms with van der Waals surface area (Å²) >= 11 is 5.95. The molecule has 1 amide bonds. The second kappa shape index (κ2) is 12.1. The second-order valence-corrected chi connectivity index (χ2v) is 9.13. The average Bonchev–Trinajstić information content (AvgIpc) is 3.70. The lowest BCUT2D eigenvalue weighted by molar-refractivity contribution is -0.111. The highest BCUT2D eigenvalue weighted by molar-refractivity contribution is 6.31. The monoisotopic (exact) mass is 513 g/mol. The van der Waals surface area contributed by atoms with Crippen LogP contribution < -0.4 is 15.4 Å². The van der Waals surface area contributed by atoms with Crippen molar-refractivity contribution in [3.05, 3.63) is 65.8 Å². The molecule has 1 saturated carbocycles. The summed E-state index contributed by atoms with van der Waals surface area (Å²) in [5.41, 5.74) is 1.84. The molecule has 36 heavy (non-hydrogen) atoms. The summed E-state index contributed by atoms with van der Waals surface area (Å²) in [7, 11) is 3.61. The van der Waals surface area contributed by atoms with Gasteiger partial charge in [-0.25, -0.2) is 14.4 Å². The summed E-state index contributed by atoms with van der Waals surface area (Å²) in [5.74, 6) is -0.0283. The Hall–Kier alpha value is -3.27. The quantitative estimate of drug-likeness (QED) is 0.267. The number of ether oxygens (including phenoxy) is 2. The van der Waals surface area contributed by atoms with Crippen LogP contribution in [0.4, 0.5) is 15.8 Å². The standard InChI is InChI=1S/C26H29ClFN5O3/c1-33(10-11-35-2)9-3-4-25(34)32-23-12-18-15-29-16-30-22(18)14-24(23)36-26(17-5-6-17)31-19-7-8-21(28)20(27)13-19/h3-4,7-8,12-17,26,31H,5-6,9-11H2,1-2H3,(H,32,34). The van der Waals surface area contributed by atoms with Crippen LogP contribution in [0.5, 0.6) is 5.75 Å². The first-order valence-corrected chi connectivity index (χ1v) is 12.1. The zero-order valence-corrected chi connectivity index (χ0v) is 21.0. The van der Waals surface area contributed by atoms with Crippen molar-refractivity contribution in [2.75, 3.05) is 44.5 Å². The van der Waals surface area contributed by atoms with E-state index in [-0.39, 0.29) is 16.8 Å². The van der Waals surface area contributed by atoms with Gasteiger partial charge in [-0.1, -0.05) is 17.7 Å². The minimum atomic E-state index is -0.483. The number of benzene rings is 2. The van der Waals surface area contributed by atoms with Crippen LogP contribution in [0.25, 0.3) is 10.9 Å². The molecule has 190 valence electrons. The number of carbonyl (C=O) groups excluding carboxylic acids is 1. The van der Waals surface area contributed by atoms with Crippen molar-refractivity contribution in [3.63, 3.8) is 0 Å². The minimum absolute atomic E-state index is 0.0320. The van der Waals surface area contributed by atoms with Crippen molar-refractivity contribution in [1.29, 1.82) is 0 Å². The van der Waals surface area contributed by atoms with E-state index in [9.17, 15) is 9.18 Å². The minimum Gasteiger partial charge on any atom is -0.468 e. The summed E-state index contributed by atoms with van der Waals surface area (Å²) in [6.07, 6.45) is 8.01. The highest BCUT2D eigenvalue weighted by Gasteiger charge is 2.34. The molecule has 1 atom stereocenters. The maximum Gasteiger partial charge on any atom is 0.248 e. The number of hydrogen-bond donors (Lipinski definition) is 2. The number of amides is 1. The molecule has 1 fully saturated rings. The molecule has 1 aliphatic carbocycles. The van der Waals surface area contributed by atoms with E-state index in [0.29, 0.717) is 35.8 Å². The predicted molar refractivity (Wildman–Crippen MR) is 139 cm³/mol. The summed E-state index contributed by atoms with van der Waals surface area (Å²) in [6.45, 7) is 2.00. The fourth-order valence-corrected chi connectivity index (χ4v) is 3.77. The number of aromatic nitrogens is 2. The third-order valence-corrected chi connectivity index (χ3v) is 6.05. The van der Waals surface area contributed by atoms with Gasteiger partial charge in [-0.2, -0.15) is 0 Å². The van der Waals surface area contributed by atoms with Crippen molar-refractivity contribution < 1.29 is 18.7 Å². The Balaban J connectivity index is 1.52. The van der Waals surface area contributed by atoms with Crippen LogP contribution in [-0.2, 0) is 9.53 Å². The van der Waals surface area contributed by atoms with Gasteiger partial charge < -0.3 is 25.0 Å². The Morgan fingerprint density at radius 2 is 2.17 bits per heavy atom. The van der Waals surface area contributed by atoms with E-state index in [2.05, 4.69) is 20.6 Å². The van der Waals surface area contributed by atoms with Gasteiger partial charge in [0, 0.05) is 55.5 Å². The third-order valence-electron chi connectivity index (χ3n) is 5.76. The van der Waals surface area contributed by atoms with E-state index in [1.807, 2.05) is 11.9 Å². The number of fused-ring (bicyclic) bond motifs is 1. The maximum atomic E-state index is 13.6. The van der Waals surface area contributed by atoms with Crippen LogP contribution in [0, 0.1) is 11.7 Å². The fourth-order valence-electron chi connectivity index (χ4n) is 3.59. The normalized spacial score (nSPS) is 14.4. The van der Waals surface area contributed by atoms with Crippen molar-refractivity contribution in [2.24, 2.45) is 5.92 Å². The van der Waals surface area contributed by atoms with E-state index in [0.717, 1.165) is 24.8 Å². The van der Waals surface area contributed by atoms with E-state index >= 15 is 0 Å². The molecule has 8 nitrogen and oxygen atoms in total. The summed E-state index contributed by atoms with van der Waals surface area (Å²) in [4.78, 5) is 23.1. The molecule has 0 radical (unpaired) electrons. The lowest BCUT2D eigenvalue weighted by Gasteiger charge is -2.23. The molecular weight excluding hydrogens is 485 g/mol. The Morgan fingerprint density at radius 1 is 1.33 bits per heavy atom. The third kappa shape index (κ3) is 7.13. The highest BCUT2D eigenvalue weighted by atomic mass is 35.5. The SMILES string of the molecule is COCCN(C)CC=CC(=O)Nc1cc2cncnc2cc1OC(Nc1ccc(F)c(Cl)c1)C1CC1. The van der Waals surface area contributed by atoms with Gasteiger partial charge >= 0.3 is 0 Å². The molecule has 1 aliphatic rings. The van der Waals surface area contributed by atoms with E-state index in [4.69, 9.17) is 21.1 Å². The van der Waals surface area contributed by atoms with E-state index < -0.39 is 12.0 Å². The van der Waals surface area contributed by atoms with Crippen molar-refractivity contribution in [1.82, 2.24) is 14.9 Å². The highest BCUT2D eigenvalue weighted by Crippen LogP contribution is 2.38.